The monoisotopic (exact) mass is 436 g/mol. The lowest BCUT2D eigenvalue weighted by atomic mass is 10.1. The second-order valence-corrected chi connectivity index (χ2v) is 8.25. The van der Waals surface area contributed by atoms with E-state index in [2.05, 4.69) is 5.32 Å². The van der Waals surface area contributed by atoms with Crippen molar-refractivity contribution in [3.8, 4) is 5.75 Å². The highest BCUT2D eigenvalue weighted by atomic mass is 32.2. The van der Waals surface area contributed by atoms with Crippen molar-refractivity contribution in [2.75, 3.05) is 23.1 Å². The van der Waals surface area contributed by atoms with Gasteiger partial charge in [0.1, 0.15) is 11.6 Å². The number of nitrogens with zero attached hydrogens (tertiary/aromatic N) is 1. The number of rotatable bonds is 5. The van der Waals surface area contributed by atoms with E-state index in [0.717, 1.165) is 16.0 Å². The van der Waals surface area contributed by atoms with Gasteiger partial charge < -0.3 is 15.0 Å². The van der Waals surface area contributed by atoms with E-state index in [9.17, 15) is 14.0 Å². The molecule has 3 aromatic rings. The van der Waals surface area contributed by atoms with E-state index in [4.69, 9.17) is 4.74 Å². The summed E-state index contributed by atoms with van der Waals surface area (Å²) >= 11 is 1.44. The van der Waals surface area contributed by atoms with E-state index in [1.165, 1.54) is 23.9 Å². The Morgan fingerprint density at radius 3 is 2.65 bits per heavy atom. The van der Waals surface area contributed by atoms with Gasteiger partial charge in [0.2, 0.25) is 5.91 Å². The van der Waals surface area contributed by atoms with Gasteiger partial charge in [-0.15, -0.1) is 11.8 Å². The number of amides is 2. The molecule has 0 aromatic heterocycles. The number of methoxy groups -OCH3 is 1. The molecule has 0 aliphatic carbocycles. The molecular weight excluding hydrogens is 415 g/mol. The molecule has 1 aliphatic heterocycles. The van der Waals surface area contributed by atoms with Gasteiger partial charge in [0.05, 0.1) is 30.8 Å². The van der Waals surface area contributed by atoms with Crippen molar-refractivity contribution in [3.05, 3.63) is 83.2 Å². The van der Waals surface area contributed by atoms with E-state index in [1.807, 2.05) is 25.1 Å². The van der Waals surface area contributed by atoms with Crippen molar-refractivity contribution >= 4 is 35.0 Å². The lowest BCUT2D eigenvalue weighted by Crippen LogP contribution is -2.35. The predicted octanol–water partition coefficient (Wildman–Crippen LogP) is 5.03. The number of fused-ring (bicyclic) bond motifs is 1. The lowest BCUT2D eigenvalue weighted by molar-refractivity contribution is -0.116. The maximum Gasteiger partial charge on any atom is 0.255 e. The molecule has 0 saturated heterocycles. The zero-order valence-corrected chi connectivity index (χ0v) is 18.0. The van der Waals surface area contributed by atoms with Crippen molar-refractivity contribution in [1.82, 2.24) is 0 Å². The van der Waals surface area contributed by atoms with Crippen LogP contribution in [0.15, 0.2) is 65.6 Å². The Hall–Kier alpha value is -3.32. The molecule has 0 unspecified atom stereocenters. The third kappa shape index (κ3) is 4.56. The number of anilines is 2. The molecule has 0 atom stereocenters. The van der Waals surface area contributed by atoms with Gasteiger partial charge in [0.25, 0.3) is 5.91 Å². The van der Waals surface area contributed by atoms with Crippen LogP contribution in [0.4, 0.5) is 15.8 Å². The number of hydrogen-bond donors (Lipinski definition) is 1. The molecule has 5 nitrogen and oxygen atoms in total. The Morgan fingerprint density at radius 2 is 1.90 bits per heavy atom. The zero-order chi connectivity index (χ0) is 22.0. The summed E-state index contributed by atoms with van der Waals surface area (Å²) < 4.78 is 18.6. The van der Waals surface area contributed by atoms with Crippen LogP contribution in [-0.4, -0.2) is 24.7 Å². The maximum atomic E-state index is 13.2. The molecule has 1 aliphatic rings. The van der Waals surface area contributed by atoms with Gasteiger partial charge >= 0.3 is 0 Å². The second-order valence-electron chi connectivity index (χ2n) is 7.24. The van der Waals surface area contributed by atoms with Crippen LogP contribution in [0.3, 0.4) is 0 Å². The Morgan fingerprint density at radius 1 is 1.13 bits per heavy atom. The summed E-state index contributed by atoms with van der Waals surface area (Å²) in [5.41, 5.74) is 3.50. The highest BCUT2D eigenvalue weighted by Crippen LogP contribution is 2.37. The molecular formula is C24H21FN2O3S. The van der Waals surface area contributed by atoms with Crippen LogP contribution in [0, 0.1) is 12.7 Å². The summed E-state index contributed by atoms with van der Waals surface area (Å²) in [7, 11) is 1.55. The molecule has 1 N–H and O–H groups in total. The minimum Gasteiger partial charge on any atom is -0.495 e. The van der Waals surface area contributed by atoms with Gasteiger partial charge in [-0.05, 0) is 60.5 Å². The summed E-state index contributed by atoms with van der Waals surface area (Å²) in [6, 6.07) is 16.9. The number of nitrogens with one attached hydrogen (secondary N) is 1. The quantitative estimate of drug-likeness (QED) is 0.609. The van der Waals surface area contributed by atoms with Crippen molar-refractivity contribution < 1.29 is 18.7 Å². The van der Waals surface area contributed by atoms with Crippen molar-refractivity contribution in [1.29, 1.82) is 0 Å². The summed E-state index contributed by atoms with van der Waals surface area (Å²) in [5.74, 6) is 0.215. The average Bonchev–Trinajstić information content (AvgIpc) is 2.77. The fourth-order valence-electron chi connectivity index (χ4n) is 3.40. The first-order valence-corrected chi connectivity index (χ1v) is 10.7. The number of halogens is 1. The number of thioether (sulfide) groups is 1. The molecule has 3 aromatic carbocycles. The van der Waals surface area contributed by atoms with E-state index in [0.29, 0.717) is 35.0 Å². The summed E-state index contributed by atoms with van der Waals surface area (Å²) in [6.07, 6.45) is 0. The van der Waals surface area contributed by atoms with Gasteiger partial charge in [-0.1, -0.05) is 18.2 Å². The molecule has 0 spiro atoms. The molecule has 7 heteroatoms. The van der Waals surface area contributed by atoms with Gasteiger partial charge in [-0.3, -0.25) is 9.59 Å². The first-order chi connectivity index (χ1) is 14.9. The zero-order valence-electron chi connectivity index (χ0n) is 17.1. The van der Waals surface area contributed by atoms with E-state index in [1.54, 1.807) is 42.3 Å². The topological polar surface area (TPSA) is 58.6 Å². The van der Waals surface area contributed by atoms with Crippen molar-refractivity contribution in [2.45, 2.75) is 18.4 Å². The summed E-state index contributed by atoms with van der Waals surface area (Å²) in [4.78, 5) is 28.1. The molecule has 0 saturated carbocycles. The van der Waals surface area contributed by atoms with Crippen LogP contribution in [0.2, 0.25) is 0 Å². The van der Waals surface area contributed by atoms with Gasteiger partial charge in [-0.2, -0.15) is 0 Å². The largest absolute Gasteiger partial charge is 0.495 e. The van der Waals surface area contributed by atoms with Crippen molar-refractivity contribution in [2.24, 2.45) is 0 Å². The summed E-state index contributed by atoms with van der Waals surface area (Å²) in [5, 5.41) is 2.89. The average molecular weight is 437 g/mol. The number of carbonyl (C=O) groups is 2. The van der Waals surface area contributed by atoms with E-state index >= 15 is 0 Å². The third-order valence-corrected chi connectivity index (χ3v) is 6.07. The van der Waals surface area contributed by atoms with Crippen LogP contribution < -0.4 is 15.0 Å². The molecule has 158 valence electrons. The van der Waals surface area contributed by atoms with Crippen LogP contribution in [0.25, 0.3) is 0 Å². The number of ether oxygens (including phenoxy) is 1. The predicted molar refractivity (Wildman–Crippen MR) is 120 cm³/mol. The normalized spacial score (nSPS) is 13.0. The Kier molecular flexibility index (Phi) is 5.95. The Balaban J connectivity index is 1.62. The fourth-order valence-corrected chi connectivity index (χ4v) is 4.32. The molecule has 0 fully saturated rings. The fraction of sp³-hybridized carbons (Fsp3) is 0.167. The Bertz CT molecular complexity index is 1150. The minimum atomic E-state index is -0.324. The van der Waals surface area contributed by atoms with Gasteiger partial charge in [-0.25, -0.2) is 4.39 Å². The maximum absolute atomic E-state index is 13.2. The van der Waals surface area contributed by atoms with Gasteiger partial charge in [0, 0.05) is 10.5 Å². The standard InChI is InChI=1S/C24H21FN2O3S/c1-15-3-9-21(30-2)19(11-15)26-24(29)17-6-10-22-20(12-17)27(23(28)14-31-22)13-16-4-7-18(25)8-5-16/h3-12H,13-14H2,1-2H3,(H,26,29). The molecule has 2 amide bonds. The first-order valence-electron chi connectivity index (χ1n) is 9.72. The number of benzene rings is 3. The molecule has 0 bridgehead atoms. The Labute approximate surface area is 184 Å². The molecule has 1 heterocycles. The SMILES string of the molecule is COc1ccc(C)cc1NC(=O)c1ccc2c(c1)N(Cc1ccc(F)cc1)C(=O)CS2. The third-order valence-electron chi connectivity index (χ3n) is 5.02. The minimum absolute atomic E-state index is 0.0558. The highest BCUT2D eigenvalue weighted by molar-refractivity contribution is 8.00. The van der Waals surface area contributed by atoms with E-state index < -0.39 is 0 Å². The van der Waals surface area contributed by atoms with Crippen LogP contribution in [0.5, 0.6) is 5.75 Å². The number of aryl methyl sites for hydroxylation is 1. The first kappa shape index (κ1) is 20.9. The lowest BCUT2D eigenvalue weighted by Gasteiger charge is -2.29. The van der Waals surface area contributed by atoms with E-state index in [-0.39, 0.29) is 17.6 Å². The smallest absolute Gasteiger partial charge is 0.255 e. The second kappa shape index (κ2) is 8.81. The number of carbonyl (C=O) groups excluding carboxylic acids is 2. The van der Waals surface area contributed by atoms with Gasteiger partial charge in [0.15, 0.2) is 0 Å². The molecule has 31 heavy (non-hydrogen) atoms. The molecule has 4 rings (SSSR count). The highest BCUT2D eigenvalue weighted by Gasteiger charge is 2.26. The number of hydrogen-bond acceptors (Lipinski definition) is 4. The summed E-state index contributed by atoms with van der Waals surface area (Å²) in [6.45, 7) is 2.24. The van der Waals surface area contributed by atoms with Crippen LogP contribution in [-0.2, 0) is 11.3 Å². The van der Waals surface area contributed by atoms with Crippen LogP contribution >= 0.6 is 11.8 Å². The molecule has 0 radical (unpaired) electrons. The van der Waals surface area contributed by atoms with Crippen LogP contribution in [0.1, 0.15) is 21.5 Å². The van der Waals surface area contributed by atoms with Crippen molar-refractivity contribution in [3.63, 3.8) is 0 Å².